The van der Waals surface area contributed by atoms with Crippen LogP contribution in [0.25, 0.3) is 11.5 Å². The first-order valence-corrected chi connectivity index (χ1v) is 9.29. The fraction of sp³-hybridized carbons (Fsp3) is 0.190. The summed E-state index contributed by atoms with van der Waals surface area (Å²) in [4.78, 5) is 28.2. The van der Waals surface area contributed by atoms with Crippen LogP contribution in [-0.4, -0.2) is 40.7 Å². The Kier molecular flexibility index (Phi) is 6.92. The van der Waals surface area contributed by atoms with Crippen molar-refractivity contribution in [2.24, 2.45) is 0 Å². The summed E-state index contributed by atoms with van der Waals surface area (Å²) in [5.74, 6) is -0.125. The first-order chi connectivity index (χ1) is 14.4. The molecule has 1 heterocycles. The third-order valence-corrected chi connectivity index (χ3v) is 4.31. The van der Waals surface area contributed by atoms with Gasteiger partial charge in [0.15, 0.2) is 0 Å². The molecule has 1 N–H and O–H groups in total. The largest absolute Gasteiger partial charge is 0.487 e. The molecule has 0 saturated carbocycles. The van der Waals surface area contributed by atoms with E-state index in [9.17, 15) is 9.59 Å². The molecule has 0 atom stereocenters. The van der Waals surface area contributed by atoms with Crippen LogP contribution < -0.4 is 4.74 Å². The Morgan fingerprint density at radius 1 is 1.20 bits per heavy atom. The number of aliphatic carboxylic acids is 1. The molecule has 0 spiro atoms. The number of oxazole rings is 1. The van der Waals surface area contributed by atoms with E-state index < -0.39 is 18.6 Å². The molecule has 8 nitrogen and oxygen atoms in total. The van der Waals surface area contributed by atoms with E-state index in [0.29, 0.717) is 27.9 Å². The third kappa shape index (κ3) is 5.74. The molecule has 0 aliphatic heterocycles. The summed E-state index contributed by atoms with van der Waals surface area (Å²) in [6.45, 7) is -0.221. The minimum Gasteiger partial charge on any atom is -0.487 e. The number of carbonyl (C=O) groups excluding carboxylic acids is 1. The number of carboxylic acid groups (broad SMARTS) is 1. The maximum atomic E-state index is 11.8. The maximum absolute atomic E-state index is 11.8. The summed E-state index contributed by atoms with van der Waals surface area (Å²) in [5, 5.41) is 9.60. The molecule has 0 aliphatic rings. The van der Waals surface area contributed by atoms with Crippen LogP contribution in [0.15, 0.2) is 59.2 Å². The van der Waals surface area contributed by atoms with Crippen molar-refractivity contribution in [3.63, 3.8) is 0 Å². The fourth-order valence-electron chi connectivity index (χ4n) is 2.69. The van der Waals surface area contributed by atoms with Crippen molar-refractivity contribution in [1.29, 1.82) is 0 Å². The lowest BCUT2D eigenvalue weighted by Crippen LogP contribution is -2.35. The SMILES string of the molecule is COC(=O)N(CC(=O)O)Cc1cccc(OCc2coc(-c3ccc(Cl)cc3)n2)c1. The first-order valence-electron chi connectivity index (χ1n) is 8.91. The van der Waals surface area contributed by atoms with Gasteiger partial charge >= 0.3 is 12.1 Å². The number of methoxy groups -OCH3 is 1. The standard InChI is InChI=1S/C21H19ClN2O6/c1-28-21(27)24(11-19(25)26)10-14-3-2-4-18(9-14)29-12-17-13-30-20(23-17)15-5-7-16(22)8-6-15/h2-9,13H,10-12H2,1H3,(H,25,26). The Morgan fingerprint density at radius 3 is 2.67 bits per heavy atom. The summed E-state index contributed by atoms with van der Waals surface area (Å²) in [5.41, 5.74) is 2.10. The summed E-state index contributed by atoms with van der Waals surface area (Å²) < 4.78 is 15.9. The molecular weight excluding hydrogens is 412 g/mol. The molecule has 156 valence electrons. The Labute approximate surface area is 177 Å². The second-order valence-electron chi connectivity index (χ2n) is 6.31. The highest BCUT2D eigenvalue weighted by atomic mass is 35.5. The van der Waals surface area contributed by atoms with Gasteiger partial charge in [0, 0.05) is 17.1 Å². The van der Waals surface area contributed by atoms with Gasteiger partial charge in [-0.2, -0.15) is 0 Å². The molecule has 1 amide bonds. The molecule has 9 heteroatoms. The van der Waals surface area contributed by atoms with Crippen molar-refractivity contribution in [3.05, 3.63) is 71.1 Å². The van der Waals surface area contributed by atoms with Crippen molar-refractivity contribution in [2.45, 2.75) is 13.2 Å². The lowest BCUT2D eigenvalue weighted by atomic mass is 10.2. The number of carboxylic acids is 1. The van der Waals surface area contributed by atoms with Gasteiger partial charge in [-0.3, -0.25) is 9.69 Å². The number of benzene rings is 2. The van der Waals surface area contributed by atoms with E-state index in [1.54, 1.807) is 36.4 Å². The zero-order valence-electron chi connectivity index (χ0n) is 16.1. The van der Waals surface area contributed by atoms with E-state index >= 15 is 0 Å². The highest BCUT2D eigenvalue weighted by Gasteiger charge is 2.18. The van der Waals surface area contributed by atoms with E-state index in [0.717, 1.165) is 10.5 Å². The topological polar surface area (TPSA) is 102 Å². The highest BCUT2D eigenvalue weighted by molar-refractivity contribution is 6.30. The molecule has 1 aromatic heterocycles. The average molecular weight is 431 g/mol. The Balaban J connectivity index is 1.63. The average Bonchev–Trinajstić information content (AvgIpc) is 3.21. The van der Waals surface area contributed by atoms with Crippen LogP contribution in [0.1, 0.15) is 11.3 Å². The van der Waals surface area contributed by atoms with Gasteiger partial charge in [-0.15, -0.1) is 0 Å². The third-order valence-electron chi connectivity index (χ3n) is 4.06. The molecular formula is C21H19ClN2O6. The fourth-order valence-corrected chi connectivity index (χ4v) is 2.81. The Bertz CT molecular complexity index is 1020. The van der Waals surface area contributed by atoms with Crippen LogP contribution in [-0.2, 0) is 22.7 Å². The summed E-state index contributed by atoms with van der Waals surface area (Å²) >= 11 is 5.89. The minimum absolute atomic E-state index is 0.0703. The normalized spacial score (nSPS) is 10.5. The number of carbonyl (C=O) groups is 2. The zero-order chi connectivity index (χ0) is 21.5. The van der Waals surface area contributed by atoms with E-state index in [2.05, 4.69) is 9.72 Å². The van der Waals surface area contributed by atoms with E-state index in [1.165, 1.54) is 13.4 Å². The van der Waals surface area contributed by atoms with E-state index in [-0.39, 0.29) is 13.2 Å². The molecule has 0 saturated heterocycles. The number of hydrogen-bond acceptors (Lipinski definition) is 6. The minimum atomic E-state index is -1.13. The predicted molar refractivity (Wildman–Crippen MR) is 108 cm³/mol. The molecule has 0 aliphatic carbocycles. The number of aromatic nitrogens is 1. The summed E-state index contributed by atoms with van der Waals surface area (Å²) in [7, 11) is 1.20. The second kappa shape index (κ2) is 9.80. The number of halogens is 1. The van der Waals surface area contributed by atoms with E-state index in [1.807, 2.05) is 12.1 Å². The second-order valence-corrected chi connectivity index (χ2v) is 6.74. The summed E-state index contributed by atoms with van der Waals surface area (Å²) in [6.07, 6.45) is 0.792. The van der Waals surface area contributed by atoms with Gasteiger partial charge in [0.2, 0.25) is 5.89 Å². The van der Waals surface area contributed by atoms with Crippen LogP contribution in [0, 0.1) is 0 Å². The number of ether oxygens (including phenoxy) is 2. The predicted octanol–water partition coefficient (Wildman–Crippen LogP) is 4.23. The van der Waals surface area contributed by atoms with Gasteiger partial charge in [0.25, 0.3) is 0 Å². The Hall–Kier alpha value is -3.52. The molecule has 0 radical (unpaired) electrons. The zero-order valence-corrected chi connectivity index (χ0v) is 16.8. The molecule has 3 aromatic rings. The van der Waals surface area contributed by atoms with Crippen molar-refractivity contribution in [3.8, 4) is 17.2 Å². The van der Waals surface area contributed by atoms with Crippen LogP contribution in [0.4, 0.5) is 4.79 Å². The maximum Gasteiger partial charge on any atom is 0.410 e. The Morgan fingerprint density at radius 2 is 1.97 bits per heavy atom. The van der Waals surface area contributed by atoms with Crippen LogP contribution in [0.3, 0.4) is 0 Å². The number of amides is 1. The lowest BCUT2D eigenvalue weighted by molar-refractivity contribution is -0.138. The van der Waals surface area contributed by atoms with Gasteiger partial charge in [0.1, 0.15) is 30.9 Å². The van der Waals surface area contributed by atoms with Crippen molar-refractivity contribution in [1.82, 2.24) is 9.88 Å². The molecule has 0 fully saturated rings. The summed E-state index contributed by atoms with van der Waals surface area (Å²) in [6, 6.07) is 14.1. The van der Waals surface area contributed by atoms with Gasteiger partial charge in [-0.05, 0) is 42.0 Å². The van der Waals surface area contributed by atoms with Gasteiger partial charge in [-0.1, -0.05) is 23.7 Å². The molecule has 0 unspecified atom stereocenters. The first kappa shape index (κ1) is 21.2. The number of rotatable bonds is 8. The smallest absolute Gasteiger partial charge is 0.410 e. The molecule has 0 bridgehead atoms. The van der Waals surface area contributed by atoms with Crippen molar-refractivity contribution < 1.29 is 28.6 Å². The van der Waals surface area contributed by atoms with Crippen LogP contribution in [0.2, 0.25) is 5.02 Å². The van der Waals surface area contributed by atoms with Gasteiger partial charge < -0.3 is 19.0 Å². The number of nitrogens with zero attached hydrogens (tertiary/aromatic N) is 2. The quantitative estimate of drug-likeness (QED) is 0.570. The molecule has 30 heavy (non-hydrogen) atoms. The van der Waals surface area contributed by atoms with Gasteiger partial charge in [-0.25, -0.2) is 9.78 Å². The monoisotopic (exact) mass is 430 g/mol. The molecule has 2 aromatic carbocycles. The van der Waals surface area contributed by atoms with Crippen molar-refractivity contribution in [2.75, 3.05) is 13.7 Å². The highest BCUT2D eigenvalue weighted by Crippen LogP contribution is 2.22. The van der Waals surface area contributed by atoms with E-state index in [4.69, 9.17) is 25.9 Å². The van der Waals surface area contributed by atoms with Crippen LogP contribution in [0.5, 0.6) is 5.75 Å². The van der Waals surface area contributed by atoms with Crippen molar-refractivity contribution >= 4 is 23.7 Å². The molecule has 3 rings (SSSR count). The van der Waals surface area contributed by atoms with Crippen LogP contribution >= 0.6 is 11.6 Å². The van der Waals surface area contributed by atoms with Gasteiger partial charge in [0.05, 0.1) is 7.11 Å². The number of hydrogen-bond donors (Lipinski definition) is 1. The lowest BCUT2D eigenvalue weighted by Gasteiger charge is -2.19.